The number of carbonyl (C=O) groups is 3. The minimum atomic E-state index is -0.390. The molecule has 0 bridgehead atoms. The fourth-order valence-corrected chi connectivity index (χ4v) is 2.72. The van der Waals surface area contributed by atoms with Gasteiger partial charge in [-0.05, 0) is 24.3 Å². The Morgan fingerprint density at radius 2 is 2.05 bits per heavy atom. The van der Waals surface area contributed by atoms with E-state index in [4.69, 9.17) is 0 Å². The van der Waals surface area contributed by atoms with Crippen LogP contribution in [0.1, 0.15) is 0 Å². The highest BCUT2D eigenvalue weighted by Gasteiger charge is 2.25. The number of benzene rings is 1. The summed E-state index contributed by atoms with van der Waals surface area (Å²) in [5.41, 5.74) is 0.457. The third kappa shape index (κ3) is 4.45. The van der Waals surface area contributed by atoms with Gasteiger partial charge < -0.3 is 15.1 Å². The topological polar surface area (TPSA) is 69.7 Å². The summed E-state index contributed by atoms with van der Waals surface area (Å²) in [5, 5.41) is 2.46. The minimum absolute atomic E-state index is 0.0217. The monoisotopic (exact) mass is 325 g/mol. The van der Waals surface area contributed by atoms with Crippen LogP contribution in [0.3, 0.4) is 0 Å². The number of carbonyl (C=O) groups excluding carboxylic acids is 3. The summed E-state index contributed by atoms with van der Waals surface area (Å²) in [7, 11) is 1.50. The van der Waals surface area contributed by atoms with Crippen molar-refractivity contribution >= 4 is 34.5 Å². The first-order valence-corrected chi connectivity index (χ1v) is 7.65. The number of amides is 3. The molecule has 0 unspecified atom stereocenters. The maximum Gasteiger partial charge on any atom is 0.282 e. The van der Waals surface area contributed by atoms with E-state index in [0.29, 0.717) is 18.0 Å². The van der Waals surface area contributed by atoms with Gasteiger partial charge in [-0.2, -0.15) is 0 Å². The van der Waals surface area contributed by atoms with Crippen molar-refractivity contribution in [2.45, 2.75) is 0 Å². The SMILES string of the molecule is CN(CC(=O)Nc1ccc(F)cc1)C(=O)CN1CCSC1=O. The lowest BCUT2D eigenvalue weighted by Gasteiger charge is -2.20. The van der Waals surface area contributed by atoms with Crippen molar-refractivity contribution in [1.29, 1.82) is 0 Å². The normalized spacial score (nSPS) is 14.1. The first-order chi connectivity index (χ1) is 10.5. The second kappa shape index (κ2) is 7.26. The third-order valence-corrected chi connectivity index (χ3v) is 4.00. The molecule has 8 heteroatoms. The molecule has 2 rings (SSSR count). The van der Waals surface area contributed by atoms with Gasteiger partial charge in [-0.15, -0.1) is 0 Å². The Hall–Kier alpha value is -2.09. The van der Waals surface area contributed by atoms with E-state index in [1.54, 1.807) is 0 Å². The zero-order valence-corrected chi connectivity index (χ0v) is 12.9. The molecule has 1 saturated heterocycles. The lowest BCUT2D eigenvalue weighted by molar-refractivity contribution is -0.133. The molecule has 1 aliphatic heterocycles. The van der Waals surface area contributed by atoms with Gasteiger partial charge in [0, 0.05) is 25.0 Å². The van der Waals surface area contributed by atoms with Gasteiger partial charge in [0.05, 0.1) is 6.54 Å². The maximum absolute atomic E-state index is 12.8. The van der Waals surface area contributed by atoms with Crippen LogP contribution >= 0.6 is 11.8 Å². The fraction of sp³-hybridized carbons (Fsp3) is 0.357. The molecule has 3 amide bonds. The van der Waals surface area contributed by atoms with Gasteiger partial charge in [-0.25, -0.2) is 4.39 Å². The summed E-state index contributed by atoms with van der Waals surface area (Å²) in [5.74, 6) is -0.394. The molecule has 118 valence electrons. The number of halogens is 1. The molecule has 1 aromatic rings. The van der Waals surface area contributed by atoms with Gasteiger partial charge in [-0.3, -0.25) is 14.4 Å². The number of thioether (sulfide) groups is 1. The van der Waals surface area contributed by atoms with Crippen molar-refractivity contribution < 1.29 is 18.8 Å². The van der Waals surface area contributed by atoms with E-state index in [9.17, 15) is 18.8 Å². The molecule has 0 spiro atoms. The molecule has 0 aliphatic carbocycles. The highest BCUT2D eigenvalue weighted by Crippen LogP contribution is 2.16. The standard InChI is InChI=1S/C14H16FN3O3S/c1-17(13(20)9-18-6-7-22-14(18)21)8-12(19)16-11-4-2-10(15)3-5-11/h2-5H,6-9H2,1H3,(H,16,19). The average Bonchev–Trinajstić information content (AvgIpc) is 2.86. The average molecular weight is 325 g/mol. The van der Waals surface area contributed by atoms with Crippen LogP contribution in [-0.2, 0) is 9.59 Å². The molecular weight excluding hydrogens is 309 g/mol. The Balaban J connectivity index is 1.81. The number of likely N-dealkylation sites (N-methyl/N-ethyl adjacent to an activating group) is 1. The first-order valence-electron chi connectivity index (χ1n) is 6.67. The highest BCUT2D eigenvalue weighted by atomic mass is 32.2. The molecule has 0 atom stereocenters. The molecule has 0 aromatic heterocycles. The molecule has 1 fully saturated rings. The molecule has 22 heavy (non-hydrogen) atoms. The van der Waals surface area contributed by atoms with Crippen LogP contribution in [0.4, 0.5) is 14.9 Å². The summed E-state index contributed by atoms with van der Waals surface area (Å²) in [4.78, 5) is 38.0. The van der Waals surface area contributed by atoms with Crippen molar-refractivity contribution in [3.63, 3.8) is 0 Å². The van der Waals surface area contributed by atoms with E-state index < -0.39 is 5.82 Å². The summed E-state index contributed by atoms with van der Waals surface area (Å²) in [6.45, 7) is 0.391. The van der Waals surface area contributed by atoms with Crippen molar-refractivity contribution in [3.05, 3.63) is 30.1 Å². The molecular formula is C14H16FN3O3S. The van der Waals surface area contributed by atoms with Gasteiger partial charge in [0.2, 0.25) is 11.8 Å². The van der Waals surface area contributed by atoms with Crippen molar-refractivity contribution in [3.8, 4) is 0 Å². The van der Waals surface area contributed by atoms with E-state index in [2.05, 4.69) is 5.32 Å². The summed E-state index contributed by atoms with van der Waals surface area (Å²) < 4.78 is 12.8. The van der Waals surface area contributed by atoms with Crippen LogP contribution in [0.25, 0.3) is 0 Å². The lowest BCUT2D eigenvalue weighted by atomic mass is 10.3. The minimum Gasteiger partial charge on any atom is -0.335 e. The van der Waals surface area contributed by atoms with Gasteiger partial charge in [0.1, 0.15) is 12.4 Å². The van der Waals surface area contributed by atoms with Gasteiger partial charge in [-0.1, -0.05) is 11.8 Å². The highest BCUT2D eigenvalue weighted by molar-refractivity contribution is 8.13. The quantitative estimate of drug-likeness (QED) is 0.888. The van der Waals surface area contributed by atoms with E-state index in [1.807, 2.05) is 0 Å². The molecule has 0 radical (unpaired) electrons. The zero-order valence-electron chi connectivity index (χ0n) is 12.0. The number of nitrogens with zero attached hydrogens (tertiary/aromatic N) is 2. The second-order valence-electron chi connectivity index (χ2n) is 4.84. The van der Waals surface area contributed by atoms with Gasteiger partial charge in [0.25, 0.3) is 5.24 Å². The van der Waals surface area contributed by atoms with E-state index in [0.717, 1.165) is 0 Å². The van der Waals surface area contributed by atoms with Crippen LogP contribution < -0.4 is 5.32 Å². The Labute approximate surface area is 131 Å². The molecule has 1 N–H and O–H groups in total. The van der Waals surface area contributed by atoms with Crippen molar-refractivity contribution in [2.24, 2.45) is 0 Å². The molecule has 6 nitrogen and oxygen atoms in total. The predicted octanol–water partition coefficient (Wildman–Crippen LogP) is 1.39. The number of anilines is 1. The fourth-order valence-electron chi connectivity index (χ4n) is 1.89. The molecule has 1 aliphatic rings. The van der Waals surface area contributed by atoms with Crippen LogP contribution in [0.2, 0.25) is 0 Å². The Bertz CT molecular complexity index is 579. The second-order valence-corrected chi connectivity index (χ2v) is 5.89. The van der Waals surface area contributed by atoms with E-state index in [-0.39, 0.29) is 30.1 Å². The smallest absolute Gasteiger partial charge is 0.282 e. The molecule has 0 saturated carbocycles. The molecule has 1 heterocycles. The van der Waals surface area contributed by atoms with Crippen LogP contribution in [0.5, 0.6) is 0 Å². The first kappa shape index (κ1) is 16.3. The number of nitrogens with one attached hydrogen (secondary N) is 1. The van der Waals surface area contributed by atoms with Gasteiger partial charge >= 0.3 is 0 Å². The Kier molecular flexibility index (Phi) is 5.37. The van der Waals surface area contributed by atoms with Crippen molar-refractivity contribution in [2.75, 3.05) is 37.8 Å². The van der Waals surface area contributed by atoms with Crippen LogP contribution in [0.15, 0.2) is 24.3 Å². The van der Waals surface area contributed by atoms with E-state index >= 15 is 0 Å². The summed E-state index contributed by atoms with van der Waals surface area (Å²) >= 11 is 1.18. The number of rotatable bonds is 5. The largest absolute Gasteiger partial charge is 0.335 e. The number of hydrogen-bond donors (Lipinski definition) is 1. The summed E-state index contributed by atoms with van der Waals surface area (Å²) in [6.07, 6.45) is 0. The summed E-state index contributed by atoms with van der Waals surface area (Å²) in [6, 6.07) is 5.35. The predicted molar refractivity (Wildman–Crippen MR) is 82.1 cm³/mol. The molecule has 1 aromatic carbocycles. The lowest BCUT2D eigenvalue weighted by Crippen LogP contribution is -2.41. The van der Waals surface area contributed by atoms with E-state index in [1.165, 1.54) is 52.9 Å². The van der Waals surface area contributed by atoms with Crippen LogP contribution in [0, 0.1) is 5.82 Å². The number of hydrogen-bond acceptors (Lipinski definition) is 4. The van der Waals surface area contributed by atoms with Crippen molar-refractivity contribution in [1.82, 2.24) is 9.80 Å². The Morgan fingerprint density at radius 3 is 2.64 bits per heavy atom. The van der Waals surface area contributed by atoms with Crippen LogP contribution in [-0.4, -0.2) is 59.3 Å². The third-order valence-electron chi connectivity index (χ3n) is 3.11. The van der Waals surface area contributed by atoms with Gasteiger partial charge in [0.15, 0.2) is 0 Å². The zero-order chi connectivity index (χ0) is 16.1. The Morgan fingerprint density at radius 1 is 1.36 bits per heavy atom. The maximum atomic E-state index is 12.8.